The molecular formula is C17H20N4O4. The highest BCUT2D eigenvalue weighted by Gasteiger charge is 2.13. The molecule has 3 N–H and O–H groups in total. The second kappa shape index (κ2) is 8.65. The van der Waals surface area contributed by atoms with Crippen LogP contribution in [0.3, 0.4) is 0 Å². The number of carbonyl (C=O) groups excluding carboxylic acids is 3. The van der Waals surface area contributed by atoms with Crippen molar-refractivity contribution in [2.24, 2.45) is 0 Å². The van der Waals surface area contributed by atoms with Gasteiger partial charge in [0.15, 0.2) is 5.76 Å². The van der Waals surface area contributed by atoms with E-state index in [9.17, 15) is 14.4 Å². The molecule has 25 heavy (non-hydrogen) atoms. The van der Waals surface area contributed by atoms with Crippen molar-refractivity contribution in [3.63, 3.8) is 0 Å². The second-order valence-electron chi connectivity index (χ2n) is 5.57. The summed E-state index contributed by atoms with van der Waals surface area (Å²) in [6.07, 6.45) is 1.36. The first kappa shape index (κ1) is 18.2. The molecule has 8 nitrogen and oxygen atoms in total. The summed E-state index contributed by atoms with van der Waals surface area (Å²) in [4.78, 5) is 36.8. The van der Waals surface area contributed by atoms with Crippen LogP contribution >= 0.6 is 0 Å². The van der Waals surface area contributed by atoms with Crippen LogP contribution in [0.15, 0.2) is 47.1 Å². The number of hydrogen-bond donors (Lipinski definition) is 3. The molecule has 0 saturated carbocycles. The van der Waals surface area contributed by atoms with Gasteiger partial charge in [-0.15, -0.1) is 0 Å². The molecule has 1 aromatic carbocycles. The largest absolute Gasteiger partial charge is 0.459 e. The van der Waals surface area contributed by atoms with Gasteiger partial charge in [0.05, 0.1) is 19.4 Å². The van der Waals surface area contributed by atoms with Crippen molar-refractivity contribution in [1.82, 2.24) is 15.8 Å². The van der Waals surface area contributed by atoms with E-state index >= 15 is 0 Å². The van der Waals surface area contributed by atoms with Crippen LogP contribution in [0.4, 0.5) is 5.69 Å². The molecule has 2 aromatic rings. The van der Waals surface area contributed by atoms with Crippen molar-refractivity contribution >= 4 is 23.4 Å². The summed E-state index contributed by atoms with van der Waals surface area (Å²) in [6.45, 7) is 1.94. The molecule has 0 saturated heterocycles. The predicted molar refractivity (Wildman–Crippen MR) is 91.6 cm³/mol. The Morgan fingerprint density at radius 2 is 1.68 bits per heavy atom. The van der Waals surface area contributed by atoms with Crippen molar-refractivity contribution in [2.75, 3.05) is 25.5 Å². The highest BCUT2D eigenvalue weighted by atomic mass is 16.3. The van der Waals surface area contributed by atoms with Crippen molar-refractivity contribution in [1.29, 1.82) is 0 Å². The van der Waals surface area contributed by atoms with E-state index in [1.54, 1.807) is 13.1 Å². The van der Waals surface area contributed by atoms with E-state index in [2.05, 4.69) is 16.2 Å². The standard InChI is InChI=1S/C17H20N4O4/c1-12-5-7-13(8-6-12)18-15(22)10-21(2)11-16(23)19-20-17(24)14-4-3-9-25-14/h3-9H,10-11H2,1-2H3,(H,18,22)(H,19,23)(H,20,24). The van der Waals surface area contributed by atoms with E-state index in [0.717, 1.165) is 5.56 Å². The molecule has 0 atom stereocenters. The van der Waals surface area contributed by atoms with E-state index in [1.807, 2.05) is 31.2 Å². The average Bonchev–Trinajstić information content (AvgIpc) is 3.09. The molecule has 132 valence electrons. The summed E-state index contributed by atoms with van der Waals surface area (Å²) in [5.41, 5.74) is 6.28. The van der Waals surface area contributed by atoms with Crippen LogP contribution in [0.1, 0.15) is 16.1 Å². The molecule has 0 radical (unpaired) electrons. The molecule has 0 bridgehead atoms. The Balaban J connectivity index is 1.70. The summed E-state index contributed by atoms with van der Waals surface area (Å²) in [5.74, 6) is -1.16. The number of amides is 3. The smallest absolute Gasteiger partial charge is 0.305 e. The first-order valence-corrected chi connectivity index (χ1v) is 7.62. The lowest BCUT2D eigenvalue weighted by molar-refractivity contribution is -0.123. The minimum atomic E-state index is -0.557. The van der Waals surface area contributed by atoms with Gasteiger partial charge in [0, 0.05) is 5.69 Å². The van der Waals surface area contributed by atoms with Gasteiger partial charge < -0.3 is 9.73 Å². The maximum Gasteiger partial charge on any atom is 0.305 e. The monoisotopic (exact) mass is 344 g/mol. The number of nitrogens with one attached hydrogen (secondary N) is 3. The molecule has 2 rings (SSSR count). The number of hydrogen-bond acceptors (Lipinski definition) is 5. The van der Waals surface area contributed by atoms with Gasteiger partial charge in [0.25, 0.3) is 5.91 Å². The third-order valence-electron chi connectivity index (χ3n) is 3.22. The van der Waals surface area contributed by atoms with Crippen LogP contribution in [0, 0.1) is 6.92 Å². The first-order valence-electron chi connectivity index (χ1n) is 7.62. The van der Waals surface area contributed by atoms with Crippen LogP contribution in [-0.2, 0) is 9.59 Å². The van der Waals surface area contributed by atoms with E-state index in [-0.39, 0.29) is 24.8 Å². The Morgan fingerprint density at radius 3 is 2.32 bits per heavy atom. The zero-order valence-electron chi connectivity index (χ0n) is 14.0. The summed E-state index contributed by atoms with van der Waals surface area (Å²) < 4.78 is 4.90. The third kappa shape index (κ3) is 6.11. The Morgan fingerprint density at radius 1 is 1.00 bits per heavy atom. The van der Waals surface area contributed by atoms with Crippen molar-refractivity contribution < 1.29 is 18.8 Å². The fraction of sp³-hybridized carbons (Fsp3) is 0.235. The van der Waals surface area contributed by atoms with Crippen molar-refractivity contribution in [3.05, 3.63) is 54.0 Å². The molecule has 0 fully saturated rings. The number of rotatable bonds is 6. The van der Waals surface area contributed by atoms with Gasteiger partial charge in [-0.05, 0) is 38.2 Å². The molecule has 0 aliphatic rings. The predicted octanol–water partition coefficient (Wildman–Crippen LogP) is 0.920. The van der Waals surface area contributed by atoms with Crippen LogP contribution in [0.5, 0.6) is 0 Å². The Kier molecular flexibility index (Phi) is 6.30. The van der Waals surface area contributed by atoms with Gasteiger partial charge in [0.2, 0.25) is 5.91 Å². The van der Waals surface area contributed by atoms with E-state index < -0.39 is 11.8 Å². The van der Waals surface area contributed by atoms with E-state index in [0.29, 0.717) is 5.69 Å². The van der Waals surface area contributed by atoms with Gasteiger partial charge in [-0.25, -0.2) is 0 Å². The highest BCUT2D eigenvalue weighted by Crippen LogP contribution is 2.08. The summed E-state index contributed by atoms with van der Waals surface area (Å²) >= 11 is 0. The minimum absolute atomic E-state index is 0.0351. The SMILES string of the molecule is Cc1ccc(NC(=O)CN(C)CC(=O)NNC(=O)c2ccco2)cc1. The average molecular weight is 344 g/mol. The normalized spacial score (nSPS) is 10.4. The molecular weight excluding hydrogens is 324 g/mol. The lowest BCUT2D eigenvalue weighted by Gasteiger charge is -2.16. The van der Waals surface area contributed by atoms with E-state index in [1.165, 1.54) is 17.2 Å². The van der Waals surface area contributed by atoms with Gasteiger partial charge >= 0.3 is 5.91 Å². The van der Waals surface area contributed by atoms with Crippen LogP contribution < -0.4 is 16.2 Å². The number of anilines is 1. The molecule has 0 spiro atoms. The fourth-order valence-corrected chi connectivity index (χ4v) is 2.02. The zero-order valence-corrected chi connectivity index (χ0v) is 14.0. The number of carbonyl (C=O) groups is 3. The van der Waals surface area contributed by atoms with Gasteiger partial charge in [0.1, 0.15) is 0 Å². The number of benzene rings is 1. The molecule has 0 aliphatic heterocycles. The van der Waals surface area contributed by atoms with Gasteiger partial charge in [-0.2, -0.15) is 0 Å². The number of likely N-dealkylation sites (N-methyl/N-ethyl adjacent to an activating group) is 1. The Hall–Kier alpha value is -3.13. The lowest BCUT2D eigenvalue weighted by atomic mass is 10.2. The van der Waals surface area contributed by atoms with Crippen LogP contribution in [0.2, 0.25) is 0 Å². The second-order valence-corrected chi connectivity index (χ2v) is 5.57. The number of aryl methyl sites for hydroxylation is 1. The van der Waals surface area contributed by atoms with Gasteiger partial charge in [-0.1, -0.05) is 17.7 Å². The molecule has 8 heteroatoms. The first-order chi connectivity index (χ1) is 11.9. The quantitative estimate of drug-likeness (QED) is 0.676. The summed E-state index contributed by atoms with van der Waals surface area (Å²) in [6, 6.07) is 10.5. The summed E-state index contributed by atoms with van der Waals surface area (Å²) in [5, 5.41) is 2.75. The summed E-state index contributed by atoms with van der Waals surface area (Å²) in [7, 11) is 1.63. The molecule has 0 unspecified atom stereocenters. The maximum absolute atomic E-state index is 11.9. The lowest BCUT2D eigenvalue weighted by Crippen LogP contribution is -2.46. The van der Waals surface area contributed by atoms with Gasteiger partial charge in [-0.3, -0.25) is 30.1 Å². The molecule has 1 heterocycles. The molecule has 1 aromatic heterocycles. The number of nitrogens with zero attached hydrogens (tertiary/aromatic N) is 1. The highest BCUT2D eigenvalue weighted by molar-refractivity contribution is 5.94. The van der Waals surface area contributed by atoms with Crippen LogP contribution in [0.25, 0.3) is 0 Å². The Bertz CT molecular complexity index is 726. The van der Waals surface area contributed by atoms with E-state index in [4.69, 9.17) is 4.42 Å². The topological polar surface area (TPSA) is 104 Å². The maximum atomic E-state index is 11.9. The molecule has 3 amide bonds. The van der Waals surface area contributed by atoms with Crippen molar-refractivity contribution in [2.45, 2.75) is 6.92 Å². The zero-order chi connectivity index (χ0) is 18.2. The van der Waals surface area contributed by atoms with Crippen molar-refractivity contribution in [3.8, 4) is 0 Å². The fourth-order valence-electron chi connectivity index (χ4n) is 2.02. The van der Waals surface area contributed by atoms with Crippen LogP contribution in [-0.4, -0.2) is 42.8 Å². The minimum Gasteiger partial charge on any atom is -0.459 e. The Labute approximate surface area is 145 Å². The molecule has 0 aliphatic carbocycles. The number of furan rings is 1. The number of hydrazine groups is 1. The third-order valence-corrected chi connectivity index (χ3v) is 3.22.